The molecule has 0 saturated heterocycles. The van der Waals surface area contributed by atoms with Gasteiger partial charge in [-0.05, 0) is 19.4 Å². The summed E-state index contributed by atoms with van der Waals surface area (Å²) >= 11 is 0. The summed E-state index contributed by atoms with van der Waals surface area (Å²) in [5, 5.41) is 0. The van der Waals surface area contributed by atoms with Gasteiger partial charge in [0.1, 0.15) is 7.85 Å². The molecule has 0 bridgehead atoms. The molecule has 1 rings (SSSR count). The summed E-state index contributed by atoms with van der Waals surface area (Å²) in [5.74, 6) is -0.261. The van der Waals surface area contributed by atoms with Gasteiger partial charge in [0.25, 0.3) is 0 Å². The van der Waals surface area contributed by atoms with Gasteiger partial charge in [-0.15, -0.1) is 0 Å². The highest BCUT2D eigenvalue weighted by Gasteiger charge is 2.30. The molecule has 0 aliphatic carbocycles. The minimum Gasteiger partial charge on any atom is -0.468 e. The third kappa shape index (κ3) is 1.98. The van der Waals surface area contributed by atoms with E-state index < -0.39 is 5.41 Å². The number of carbonyl (C=O) groups is 1. The first-order chi connectivity index (χ1) is 6.48. The Morgan fingerprint density at radius 3 is 2.57 bits per heavy atom. The van der Waals surface area contributed by atoms with Crippen LogP contribution < -0.4 is 5.46 Å². The van der Waals surface area contributed by atoms with Crippen LogP contribution in [0, 0.1) is 0 Å². The molecule has 0 aliphatic rings. The monoisotopic (exact) mass is 188 g/mol. The van der Waals surface area contributed by atoms with Crippen LogP contribution in [-0.2, 0) is 14.9 Å². The molecule has 0 aliphatic heterocycles. The highest BCUT2D eigenvalue weighted by molar-refractivity contribution is 6.32. The summed E-state index contributed by atoms with van der Waals surface area (Å²) in [6, 6.07) is 7.27. The van der Waals surface area contributed by atoms with E-state index in [1.165, 1.54) is 7.11 Å². The van der Waals surface area contributed by atoms with Gasteiger partial charge in [-0.25, -0.2) is 0 Å². The van der Waals surface area contributed by atoms with Crippen molar-refractivity contribution in [3.63, 3.8) is 0 Å². The molecule has 0 aromatic heterocycles. The number of methoxy groups -OCH3 is 1. The number of carbonyl (C=O) groups excluding carboxylic acids is 1. The molecule has 2 nitrogen and oxygen atoms in total. The zero-order valence-electron chi connectivity index (χ0n) is 8.70. The molecule has 72 valence electrons. The fourth-order valence-electron chi connectivity index (χ4n) is 1.30. The van der Waals surface area contributed by atoms with E-state index in [1.54, 1.807) is 12.1 Å². The maximum absolute atomic E-state index is 11.5. The van der Waals surface area contributed by atoms with Crippen LogP contribution in [0.5, 0.6) is 0 Å². The lowest BCUT2D eigenvalue weighted by Crippen LogP contribution is -2.31. The molecule has 2 radical (unpaired) electrons. The summed E-state index contributed by atoms with van der Waals surface area (Å²) in [6.07, 6.45) is 0. The molecule has 0 unspecified atom stereocenters. The average molecular weight is 188 g/mol. The molecule has 0 fully saturated rings. The second kappa shape index (κ2) is 3.87. The number of rotatable bonds is 2. The van der Waals surface area contributed by atoms with Crippen molar-refractivity contribution in [3.8, 4) is 0 Å². The first-order valence-electron chi connectivity index (χ1n) is 4.43. The minimum atomic E-state index is -0.649. The topological polar surface area (TPSA) is 26.3 Å². The van der Waals surface area contributed by atoms with Gasteiger partial charge < -0.3 is 4.74 Å². The van der Waals surface area contributed by atoms with Gasteiger partial charge in [-0.3, -0.25) is 4.79 Å². The third-order valence-electron chi connectivity index (χ3n) is 2.30. The highest BCUT2D eigenvalue weighted by atomic mass is 16.5. The van der Waals surface area contributed by atoms with Gasteiger partial charge in [-0.2, -0.15) is 0 Å². The maximum Gasteiger partial charge on any atom is 0.315 e. The van der Waals surface area contributed by atoms with Gasteiger partial charge in [0.15, 0.2) is 0 Å². The first-order valence-corrected chi connectivity index (χ1v) is 4.43. The van der Waals surface area contributed by atoms with Crippen molar-refractivity contribution in [1.29, 1.82) is 0 Å². The molecular weight excluding hydrogens is 175 g/mol. The predicted octanol–water partition coefficient (Wildman–Crippen LogP) is 0.931. The SMILES string of the molecule is [B]c1cccc(C(C)(C)C(=O)OC)c1. The van der Waals surface area contributed by atoms with Crippen LogP contribution >= 0.6 is 0 Å². The molecule has 1 aromatic rings. The quantitative estimate of drug-likeness (QED) is 0.509. The lowest BCUT2D eigenvalue weighted by Gasteiger charge is -2.22. The van der Waals surface area contributed by atoms with Crippen LogP contribution in [0.4, 0.5) is 0 Å². The van der Waals surface area contributed by atoms with Crippen molar-refractivity contribution >= 4 is 19.3 Å². The standard InChI is InChI=1S/C11H13BO2/c1-11(2,10(13)14-3)8-5-4-6-9(12)7-8/h4-7H,1-3H3. The maximum atomic E-state index is 11.5. The van der Waals surface area contributed by atoms with E-state index in [0.29, 0.717) is 5.46 Å². The van der Waals surface area contributed by atoms with Crippen molar-refractivity contribution in [2.24, 2.45) is 0 Å². The zero-order valence-corrected chi connectivity index (χ0v) is 8.70. The molecule has 0 heterocycles. The van der Waals surface area contributed by atoms with Gasteiger partial charge in [0, 0.05) is 0 Å². The highest BCUT2D eigenvalue weighted by Crippen LogP contribution is 2.23. The van der Waals surface area contributed by atoms with E-state index in [0.717, 1.165) is 5.56 Å². The Hall–Kier alpha value is -1.25. The number of ether oxygens (including phenoxy) is 1. The van der Waals surface area contributed by atoms with E-state index in [2.05, 4.69) is 0 Å². The van der Waals surface area contributed by atoms with E-state index in [-0.39, 0.29) is 5.97 Å². The Bertz CT molecular complexity index is 345. The summed E-state index contributed by atoms with van der Waals surface area (Å²) in [5.41, 5.74) is 0.869. The fourth-order valence-corrected chi connectivity index (χ4v) is 1.30. The molecule has 3 heteroatoms. The Labute approximate surface area is 85.7 Å². The first kappa shape index (κ1) is 10.8. The molecule has 0 N–H and O–H groups in total. The van der Waals surface area contributed by atoms with E-state index in [1.807, 2.05) is 26.0 Å². The lowest BCUT2D eigenvalue weighted by molar-refractivity contribution is -0.146. The molecule has 0 saturated carbocycles. The van der Waals surface area contributed by atoms with Crippen LogP contribution in [0.2, 0.25) is 0 Å². The molecule has 0 atom stereocenters. The van der Waals surface area contributed by atoms with Crippen LogP contribution in [0.3, 0.4) is 0 Å². The Morgan fingerprint density at radius 1 is 1.43 bits per heavy atom. The Balaban J connectivity index is 3.09. The largest absolute Gasteiger partial charge is 0.468 e. The van der Waals surface area contributed by atoms with Crippen LogP contribution in [0.1, 0.15) is 19.4 Å². The minimum absolute atomic E-state index is 0.261. The van der Waals surface area contributed by atoms with Crippen molar-refractivity contribution in [3.05, 3.63) is 29.8 Å². The predicted molar refractivity (Wildman–Crippen MR) is 56.9 cm³/mol. The molecule has 1 aromatic carbocycles. The Morgan fingerprint density at radius 2 is 2.07 bits per heavy atom. The second-order valence-electron chi connectivity index (χ2n) is 3.74. The number of hydrogen-bond donors (Lipinski definition) is 0. The number of hydrogen-bond acceptors (Lipinski definition) is 2. The van der Waals surface area contributed by atoms with Gasteiger partial charge in [0.2, 0.25) is 0 Å². The van der Waals surface area contributed by atoms with E-state index >= 15 is 0 Å². The van der Waals surface area contributed by atoms with Gasteiger partial charge in [0.05, 0.1) is 12.5 Å². The smallest absolute Gasteiger partial charge is 0.315 e. The average Bonchev–Trinajstić information content (AvgIpc) is 2.16. The van der Waals surface area contributed by atoms with Crippen molar-refractivity contribution < 1.29 is 9.53 Å². The van der Waals surface area contributed by atoms with Crippen molar-refractivity contribution in [2.45, 2.75) is 19.3 Å². The molecule has 14 heavy (non-hydrogen) atoms. The van der Waals surface area contributed by atoms with Gasteiger partial charge in [-0.1, -0.05) is 29.7 Å². The van der Waals surface area contributed by atoms with Crippen LogP contribution in [0.25, 0.3) is 0 Å². The summed E-state index contributed by atoms with van der Waals surface area (Å²) in [7, 11) is 7.03. The molecule has 0 amide bonds. The fraction of sp³-hybridized carbons (Fsp3) is 0.364. The Kier molecular flexibility index (Phi) is 2.99. The lowest BCUT2D eigenvalue weighted by atomic mass is 9.81. The van der Waals surface area contributed by atoms with Crippen LogP contribution in [-0.4, -0.2) is 20.9 Å². The van der Waals surface area contributed by atoms with E-state index in [9.17, 15) is 4.79 Å². The molecular formula is C11H13BO2. The van der Waals surface area contributed by atoms with Gasteiger partial charge >= 0.3 is 5.97 Å². The van der Waals surface area contributed by atoms with Crippen molar-refractivity contribution in [2.75, 3.05) is 7.11 Å². The summed E-state index contributed by atoms with van der Waals surface area (Å²) < 4.78 is 4.73. The number of benzene rings is 1. The normalized spacial score (nSPS) is 11.1. The number of esters is 1. The second-order valence-corrected chi connectivity index (χ2v) is 3.74. The van der Waals surface area contributed by atoms with Crippen molar-refractivity contribution in [1.82, 2.24) is 0 Å². The zero-order chi connectivity index (χ0) is 10.8. The third-order valence-corrected chi connectivity index (χ3v) is 2.30. The van der Waals surface area contributed by atoms with E-state index in [4.69, 9.17) is 12.6 Å². The molecule has 0 spiro atoms. The summed E-state index contributed by atoms with van der Waals surface area (Å²) in [6.45, 7) is 3.63. The summed E-state index contributed by atoms with van der Waals surface area (Å²) in [4.78, 5) is 11.5. The van der Waals surface area contributed by atoms with Crippen LogP contribution in [0.15, 0.2) is 24.3 Å².